The lowest BCUT2D eigenvalue weighted by molar-refractivity contribution is -0.129. The Morgan fingerprint density at radius 1 is 1.12 bits per heavy atom. The molecule has 1 heterocycles. The van der Waals surface area contributed by atoms with Crippen LogP contribution in [-0.4, -0.2) is 29.2 Å². The van der Waals surface area contributed by atoms with Crippen LogP contribution in [0.5, 0.6) is 0 Å². The van der Waals surface area contributed by atoms with Crippen LogP contribution in [0.15, 0.2) is 48.5 Å². The second kappa shape index (κ2) is 7.49. The largest absolute Gasteiger partial charge is 0.352 e. The van der Waals surface area contributed by atoms with Gasteiger partial charge in [-0.15, -0.1) is 0 Å². The summed E-state index contributed by atoms with van der Waals surface area (Å²) in [5.74, 6) is -0.833. The number of carbonyl (C=O) groups is 3. The van der Waals surface area contributed by atoms with E-state index in [1.54, 1.807) is 36.4 Å². The predicted octanol–water partition coefficient (Wildman–Crippen LogP) is 2.57. The van der Waals surface area contributed by atoms with Gasteiger partial charge in [-0.2, -0.15) is 0 Å². The zero-order valence-electron chi connectivity index (χ0n) is 13.5. The second-order valence-corrected chi connectivity index (χ2v) is 6.28. The number of rotatable bonds is 5. The summed E-state index contributed by atoms with van der Waals surface area (Å²) in [5.41, 5.74) is 2.15. The maximum absolute atomic E-state index is 12.4. The van der Waals surface area contributed by atoms with Crippen LogP contribution in [0, 0.1) is 0 Å². The SMILES string of the molecule is O=C(CCN1C(=O)Cc2ccccc2C1=O)NCc1cccc(Cl)c1. The molecule has 1 aliphatic heterocycles. The van der Waals surface area contributed by atoms with Crippen molar-refractivity contribution in [2.24, 2.45) is 0 Å². The van der Waals surface area contributed by atoms with Crippen molar-refractivity contribution in [1.82, 2.24) is 10.2 Å². The number of hydrogen-bond acceptors (Lipinski definition) is 3. The van der Waals surface area contributed by atoms with E-state index >= 15 is 0 Å². The van der Waals surface area contributed by atoms with E-state index in [0.29, 0.717) is 17.1 Å². The fourth-order valence-electron chi connectivity index (χ4n) is 2.78. The fraction of sp³-hybridized carbons (Fsp3) is 0.211. The smallest absolute Gasteiger partial charge is 0.260 e. The van der Waals surface area contributed by atoms with Gasteiger partial charge in [0.1, 0.15) is 0 Å². The van der Waals surface area contributed by atoms with Crippen LogP contribution < -0.4 is 5.32 Å². The Labute approximate surface area is 150 Å². The number of halogens is 1. The third-order valence-electron chi connectivity index (χ3n) is 4.08. The first-order chi connectivity index (χ1) is 12.0. The third kappa shape index (κ3) is 4.06. The first-order valence-corrected chi connectivity index (χ1v) is 8.36. The van der Waals surface area contributed by atoms with Crippen LogP contribution in [0.1, 0.15) is 27.9 Å². The molecule has 2 aromatic rings. The van der Waals surface area contributed by atoms with Gasteiger partial charge in [0.2, 0.25) is 11.8 Å². The Balaban J connectivity index is 1.55. The number of nitrogens with one attached hydrogen (secondary N) is 1. The summed E-state index contributed by atoms with van der Waals surface area (Å²) in [6.07, 6.45) is 0.256. The van der Waals surface area contributed by atoms with Crippen molar-refractivity contribution in [3.63, 3.8) is 0 Å². The average Bonchev–Trinajstić information content (AvgIpc) is 2.60. The highest BCUT2D eigenvalue weighted by atomic mass is 35.5. The van der Waals surface area contributed by atoms with Gasteiger partial charge in [-0.05, 0) is 29.3 Å². The lowest BCUT2D eigenvalue weighted by Gasteiger charge is -2.26. The first-order valence-electron chi connectivity index (χ1n) is 7.98. The molecule has 0 spiro atoms. The quantitative estimate of drug-likeness (QED) is 0.837. The van der Waals surface area contributed by atoms with Gasteiger partial charge in [0, 0.05) is 30.1 Å². The van der Waals surface area contributed by atoms with Gasteiger partial charge >= 0.3 is 0 Å². The first kappa shape index (κ1) is 17.2. The summed E-state index contributed by atoms with van der Waals surface area (Å²) in [5, 5.41) is 3.37. The summed E-state index contributed by atoms with van der Waals surface area (Å²) < 4.78 is 0. The Morgan fingerprint density at radius 2 is 1.92 bits per heavy atom. The second-order valence-electron chi connectivity index (χ2n) is 5.84. The van der Waals surface area contributed by atoms with Crippen LogP contribution in [0.3, 0.4) is 0 Å². The molecule has 0 saturated heterocycles. The van der Waals surface area contributed by atoms with E-state index in [0.717, 1.165) is 16.0 Å². The van der Waals surface area contributed by atoms with Gasteiger partial charge in [0.05, 0.1) is 6.42 Å². The maximum atomic E-state index is 12.4. The van der Waals surface area contributed by atoms with Crippen molar-refractivity contribution < 1.29 is 14.4 Å². The number of nitrogens with zero attached hydrogens (tertiary/aromatic N) is 1. The number of fused-ring (bicyclic) bond motifs is 1. The standard InChI is InChI=1S/C19H17ClN2O3/c20-15-6-3-4-13(10-15)12-21-17(23)8-9-22-18(24)11-14-5-1-2-7-16(14)19(22)25/h1-7,10H,8-9,11-12H2,(H,21,23). The fourth-order valence-corrected chi connectivity index (χ4v) is 2.99. The predicted molar refractivity (Wildman–Crippen MR) is 94.1 cm³/mol. The molecule has 0 atom stereocenters. The Bertz CT molecular complexity index is 835. The van der Waals surface area contributed by atoms with E-state index in [1.807, 2.05) is 12.1 Å². The van der Waals surface area contributed by atoms with Crippen molar-refractivity contribution >= 4 is 29.3 Å². The Morgan fingerprint density at radius 3 is 2.72 bits per heavy atom. The molecule has 0 bridgehead atoms. The highest BCUT2D eigenvalue weighted by molar-refractivity contribution is 6.30. The minimum absolute atomic E-state index is 0.0697. The summed E-state index contributed by atoms with van der Waals surface area (Å²) in [6, 6.07) is 14.3. The number of carbonyl (C=O) groups excluding carboxylic acids is 3. The summed E-state index contributed by atoms with van der Waals surface area (Å²) in [4.78, 5) is 37.7. The third-order valence-corrected chi connectivity index (χ3v) is 4.31. The van der Waals surface area contributed by atoms with Crippen LogP contribution in [-0.2, 0) is 22.6 Å². The number of hydrogen-bond donors (Lipinski definition) is 1. The molecule has 0 fully saturated rings. The summed E-state index contributed by atoms with van der Waals surface area (Å²) in [6.45, 7) is 0.428. The average molecular weight is 357 g/mol. The normalized spacial score (nSPS) is 13.6. The van der Waals surface area contributed by atoms with E-state index in [1.165, 1.54) is 0 Å². The van der Waals surface area contributed by atoms with Crippen molar-refractivity contribution in [2.45, 2.75) is 19.4 Å². The molecular formula is C19H17ClN2O3. The molecule has 5 nitrogen and oxygen atoms in total. The molecule has 0 saturated carbocycles. The monoisotopic (exact) mass is 356 g/mol. The van der Waals surface area contributed by atoms with Crippen molar-refractivity contribution in [3.05, 3.63) is 70.2 Å². The van der Waals surface area contributed by atoms with Crippen molar-refractivity contribution in [3.8, 4) is 0 Å². The number of benzene rings is 2. The van der Waals surface area contributed by atoms with E-state index < -0.39 is 0 Å². The topological polar surface area (TPSA) is 66.5 Å². The number of amides is 3. The van der Waals surface area contributed by atoms with Gasteiger partial charge < -0.3 is 5.32 Å². The van der Waals surface area contributed by atoms with Crippen molar-refractivity contribution in [1.29, 1.82) is 0 Å². The zero-order valence-corrected chi connectivity index (χ0v) is 14.3. The van der Waals surface area contributed by atoms with Crippen LogP contribution in [0.2, 0.25) is 5.02 Å². The number of imide groups is 1. The molecule has 0 aliphatic carbocycles. The van der Waals surface area contributed by atoms with Gasteiger partial charge in [-0.1, -0.05) is 41.9 Å². The molecule has 0 unspecified atom stereocenters. The molecule has 1 aliphatic rings. The summed E-state index contributed by atoms with van der Waals surface area (Å²) >= 11 is 5.90. The maximum Gasteiger partial charge on any atom is 0.260 e. The molecule has 2 aromatic carbocycles. The van der Waals surface area contributed by atoms with Crippen LogP contribution in [0.4, 0.5) is 0 Å². The lowest BCUT2D eigenvalue weighted by atomic mass is 9.98. The molecule has 6 heteroatoms. The molecular weight excluding hydrogens is 340 g/mol. The van der Waals surface area contributed by atoms with Crippen molar-refractivity contribution in [2.75, 3.05) is 6.54 Å². The minimum atomic E-state index is -0.338. The molecule has 128 valence electrons. The molecule has 0 radical (unpaired) electrons. The zero-order chi connectivity index (χ0) is 17.8. The highest BCUT2D eigenvalue weighted by Gasteiger charge is 2.30. The van der Waals surface area contributed by atoms with E-state index in [2.05, 4.69) is 5.32 Å². The lowest BCUT2D eigenvalue weighted by Crippen LogP contribution is -2.44. The Hall–Kier alpha value is -2.66. The van der Waals surface area contributed by atoms with E-state index in [-0.39, 0.29) is 37.1 Å². The van der Waals surface area contributed by atoms with Crippen LogP contribution >= 0.6 is 11.6 Å². The molecule has 1 N–H and O–H groups in total. The molecule has 3 amide bonds. The molecule has 25 heavy (non-hydrogen) atoms. The van der Waals surface area contributed by atoms with Gasteiger partial charge in [-0.25, -0.2) is 0 Å². The van der Waals surface area contributed by atoms with Gasteiger partial charge in [0.25, 0.3) is 5.91 Å². The summed E-state index contributed by atoms with van der Waals surface area (Å²) in [7, 11) is 0. The van der Waals surface area contributed by atoms with Gasteiger partial charge in [-0.3, -0.25) is 19.3 Å². The minimum Gasteiger partial charge on any atom is -0.352 e. The highest BCUT2D eigenvalue weighted by Crippen LogP contribution is 2.19. The van der Waals surface area contributed by atoms with Gasteiger partial charge in [0.15, 0.2) is 0 Å². The van der Waals surface area contributed by atoms with E-state index in [4.69, 9.17) is 11.6 Å². The molecule has 3 rings (SSSR count). The Kier molecular flexibility index (Phi) is 5.14. The van der Waals surface area contributed by atoms with E-state index in [9.17, 15) is 14.4 Å². The molecule has 0 aromatic heterocycles. The van der Waals surface area contributed by atoms with Crippen LogP contribution in [0.25, 0.3) is 0 Å².